The molecule has 1 aliphatic carbocycles. The van der Waals surface area contributed by atoms with Crippen LogP contribution in [0.4, 0.5) is 0 Å². The lowest BCUT2D eigenvalue weighted by atomic mass is 9.77. The average molecular weight is 763 g/mol. The second-order valence-electron chi connectivity index (χ2n) is 16.5. The second-order valence-corrected chi connectivity index (χ2v) is 20.6. The number of hydrogen-bond acceptors (Lipinski definition) is 0. The Balaban J connectivity index is 1.25. The molecule has 2 unspecified atom stereocenters. The van der Waals surface area contributed by atoms with Gasteiger partial charge in [0.1, 0.15) is 0 Å². The van der Waals surface area contributed by atoms with Crippen molar-refractivity contribution in [2.24, 2.45) is 13.3 Å². The van der Waals surface area contributed by atoms with Crippen molar-refractivity contribution in [3.8, 4) is 44.5 Å². The van der Waals surface area contributed by atoms with Crippen molar-refractivity contribution in [1.82, 2.24) is 0 Å². The fourth-order valence-electron chi connectivity index (χ4n) is 10.9. The highest BCUT2D eigenvalue weighted by atomic mass is 31.1. The molecule has 11 aromatic rings. The monoisotopic (exact) mass is 762 g/mol. The molecule has 0 amide bonds. The molecule has 0 saturated heterocycles. The van der Waals surface area contributed by atoms with Gasteiger partial charge < -0.3 is 0 Å². The fraction of sp³-hybridized carbons (Fsp3) is 0.0909. The van der Waals surface area contributed by atoms with Crippen LogP contribution >= 0.6 is 15.1 Å². The van der Waals surface area contributed by atoms with E-state index >= 15 is 0 Å². The van der Waals surface area contributed by atoms with E-state index in [2.05, 4.69) is 197 Å². The van der Waals surface area contributed by atoms with E-state index in [1.54, 1.807) is 0 Å². The van der Waals surface area contributed by atoms with Gasteiger partial charge in [-0.25, -0.2) is 0 Å². The van der Waals surface area contributed by atoms with Crippen molar-refractivity contribution in [2.75, 3.05) is 0 Å². The first-order chi connectivity index (χ1) is 27.9. The molecule has 0 saturated carbocycles. The first-order valence-corrected chi connectivity index (χ1v) is 23.6. The van der Waals surface area contributed by atoms with Gasteiger partial charge in [-0.3, -0.25) is 0 Å². The van der Waals surface area contributed by atoms with Crippen LogP contribution in [0.5, 0.6) is 0 Å². The Hall–Kier alpha value is -5.90. The lowest BCUT2D eigenvalue weighted by Crippen LogP contribution is -2.16. The molecule has 2 aromatic heterocycles. The van der Waals surface area contributed by atoms with Gasteiger partial charge in [0.05, 0.1) is 0 Å². The van der Waals surface area contributed by atoms with Crippen molar-refractivity contribution in [3.05, 3.63) is 181 Å². The summed E-state index contributed by atoms with van der Waals surface area (Å²) in [6.45, 7) is 9.76. The third kappa shape index (κ3) is 4.47. The van der Waals surface area contributed by atoms with Crippen molar-refractivity contribution in [3.63, 3.8) is 0 Å². The molecule has 0 spiro atoms. The van der Waals surface area contributed by atoms with E-state index in [1.165, 1.54) is 119 Å². The predicted molar refractivity (Wildman–Crippen MR) is 253 cm³/mol. The number of hydrogen-bond donors (Lipinski definition) is 0. The van der Waals surface area contributed by atoms with Gasteiger partial charge in [-0.2, -0.15) is 0 Å². The Kier molecular flexibility index (Phi) is 7.03. The first kappa shape index (κ1) is 33.3. The smallest absolute Gasteiger partial charge is 0.0165 e. The molecule has 0 fully saturated rings. The Morgan fingerprint density at radius 1 is 0.333 bits per heavy atom. The van der Waals surface area contributed by atoms with Crippen molar-refractivity contribution < 1.29 is 0 Å². The molecule has 12 rings (SSSR count). The van der Waals surface area contributed by atoms with E-state index in [0.29, 0.717) is 0 Å². The zero-order chi connectivity index (χ0) is 38.2. The summed E-state index contributed by atoms with van der Waals surface area (Å²) in [7, 11) is -0.994. The maximum atomic E-state index is 2.56. The van der Waals surface area contributed by atoms with Crippen LogP contribution in [0.25, 0.3) is 108 Å². The molecule has 0 bridgehead atoms. The van der Waals surface area contributed by atoms with Crippen LogP contribution in [0.15, 0.2) is 170 Å². The third-order valence-electron chi connectivity index (χ3n) is 13.3. The van der Waals surface area contributed by atoms with E-state index in [9.17, 15) is 0 Å². The Bertz CT molecular complexity index is 3340. The van der Waals surface area contributed by atoms with Gasteiger partial charge in [0.2, 0.25) is 0 Å². The SMILES string of the molecule is Cp1c2ccccc2c2cccc(-c3cccc4c(-c5cccc6c5C(C)(C)c5ccccc5-6)c5cccc(-c6cccc7c8ccccc8p(C)c67)c5cc34)c21. The molecule has 0 aliphatic heterocycles. The summed E-state index contributed by atoms with van der Waals surface area (Å²) < 4.78 is 0. The summed E-state index contributed by atoms with van der Waals surface area (Å²) in [5, 5.41) is 16.8. The second kappa shape index (κ2) is 12.1. The maximum absolute atomic E-state index is 2.56. The van der Waals surface area contributed by atoms with E-state index in [1.807, 2.05) is 0 Å². The largest absolute Gasteiger partial charge is 0.111 e. The van der Waals surface area contributed by atoms with Crippen molar-refractivity contribution in [1.29, 1.82) is 0 Å². The highest BCUT2D eigenvalue weighted by molar-refractivity contribution is 7.60. The Morgan fingerprint density at radius 2 is 0.737 bits per heavy atom. The molecule has 2 heterocycles. The number of aryl methyl sites for hydroxylation is 2. The third-order valence-corrected chi connectivity index (χ3v) is 17.9. The van der Waals surface area contributed by atoms with Crippen molar-refractivity contribution >= 4 is 78.6 Å². The van der Waals surface area contributed by atoms with Gasteiger partial charge in [-0.15, -0.1) is 15.1 Å². The van der Waals surface area contributed by atoms with Crippen LogP contribution in [0, 0.1) is 0 Å². The van der Waals surface area contributed by atoms with Crippen LogP contribution in [0.2, 0.25) is 0 Å². The number of benzene rings is 9. The van der Waals surface area contributed by atoms with E-state index in [-0.39, 0.29) is 5.41 Å². The van der Waals surface area contributed by atoms with Crippen LogP contribution in [-0.2, 0) is 18.7 Å². The molecule has 57 heavy (non-hydrogen) atoms. The van der Waals surface area contributed by atoms with Gasteiger partial charge in [0.15, 0.2) is 0 Å². The molecular weight excluding hydrogens is 723 g/mol. The molecule has 2 atom stereocenters. The minimum Gasteiger partial charge on any atom is -0.111 e. The van der Waals surface area contributed by atoms with E-state index < -0.39 is 15.1 Å². The minimum absolute atomic E-state index is 0.152. The average Bonchev–Trinajstić information content (AvgIpc) is 3.81. The molecule has 0 N–H and O–H groups in total. The first-order valence-electron chi connectivity index (χ1n) is 20.1. The van der Waals surface area contributed by atoms with E-state index in [4.69, 9.17) is 0 Å². The molecule has 0 nitrogen and oxygen atoms in total. The Morgan fingerprint density at radius 3 is 1.32 bits per heavy atom. The quantitative estimate of drug-likeness (QED) is 0.157. The molecule has 0 radical (unpaired) electrons. The number of rotatable bonds is 3. The van der Waals surface area contributed by atoms with Gasteiger partial charge in [0.25, 0.3) is 0 Å². The topological polar surface area (TPSA) is 0 Å². The highest BCUT2D eigenvalue weighted by Crippen LogP contribution is 2.57. The lowest BCUT2D eigenvalue weighted by molar-refractivity contribution is 0.662. The maximum Gasteiger partial charge on any atom is 0.0165 e. The molecule has 9 aromatic carbocycles. The van der Waals surface area contributed by atoms with Gasteiger partial charge in [0, 0.05) is 25.9 Å². The minimum atomic E-state index is -0.497. The Labute approximate surface area is 335 Å². The van der Waals surface area contributed by atoms with Crippen LogP contribution < -0.4 is 0 Å². The zero-order valence-corrected chi connectivity index (χ0v) is 34.3. The fourth-order valence-corrected chi connectivity index (χ4v) is 15.3. The molecule has 270 valence electrons. The van der Waals surface area contributed by atoms with Gasteiger partial charge in [-0.05, 0) is 118 Å². The van der Waals surface area contributed by atoms with Crippen molar-refractivity contribution in [2.45, 2.75) is 19.3 Å². The summed E-state index contributed by atoms with van der Waals surface area (Å²) in [5.41, 5.74) is 13.5. The zero-order valence-electron chi connectivity index (χ0n) is 32.6. The van der Waals surface area contributed by atoms with Gasteiger partial charge in [-0.1, -0.05) is 178 Å². The van der Waals surface area contributed by atoms with Crippen LogP contribution in [-0.4, -0.2) is 0 Å². The summed E-state index contributed by atoms with van der Waals surface area (Å²) in [6.07, 6.45) is 0. The lowest BCUT2D eigenvalue weighted by Gasteiger charge is -2.26. The molecule has 1 aliphatic rings. The molecule has 2 heteroatoms. The predicted octanol–water partition coefficient (Wildman–Crippen LogP) is 17.0. The summed E-state index contributed by atoms with van der Waals surface area (Å²) in [6, 6.07) is 65.0. The van der Waals surface area contributed by atoms with Crippen LogP contribution in [0.3, 0.4) is 0 Å². The highest BCUT2D eigenvalue weighted by Gasteiger charge is 2.38. The summed E-state index contributed by atoms with van der Waals surface area (Å²) in [5.74, 6) is 0. The normalized spacial score (nSPS) is 14.0. The van der Waals surface area contributed by atoms with E-state index in [0.717, 1.165) is 0 Å². The van der Waals surface area contributed by atoms with Gasteiger partial charge >= 0.3 is 0 Å². The number of fused-ring (bicyclic) bond motifs is 11. The standard InChI is InChI=1S/C55H40P2/c1-55(2)48-29-8-5-16-35(48)40-23-13-28-45(52(40)55)51-38-21-11-19-33(41-24-14-26-43-36-17-6-9-30-49(36)56(3)53(41)43)46(38)32-47-34(20-12-22-39(47)51)42-25-15-27-44-37-18-7-10-31-50(37)57(4)54(42)44/h5-32H,1-4H3. The molecular formula is C55H40P2. The van der Waals surface area contributed by atoms with Crippen LogP contribution in [0.1, 0.15) is 25.0 Å². The summed E-state index contributed by atoms with van der Waals surface area (Å²) >= 11 is 0. The summed E-state index contributed by atoms with van der Waals surface area (Å²) in [4.78, 5) is 0.